The van der Waals surface area contributed by atoms with Crippen LogP contribution in [0.25, 0.3) is 0 Å². The molecule has 0 heterocycles. The molecule has 0 aromatic heterocycles. The lowest BCUT2D eigenvalue weighted by Gasteiger charge is -2.31. The van der Waals surface area contributed by atoms with Gasteiger partial charge < -0.3 is 15.5 Å². The van der Waals surface area contributed by atoms with E-state index in [-0.39, 0.29) is 23.2 Å². The number of amides is 1. The van der Waals surface area contributed by atoms with Gasteiger partial charge in [-0.25, -0.2) is 4.79 Å². The van der Waals surface area contributed by atoms with Gasteiger partial charge in [-0.05, 0) is 37.4 Å². The molecule has 3 atom stereocenters. The molecule has 86 valence electrons. The number of aliphatic hydroxyl groups excluding tert-OH is 1. The molecule has 0 spiro atoms. The second kappa shape index (κ2) is 5.27. The lowest BCUT2D eigenvalue weighted by atomic mass is 9.85. The maximum Gasteiger partial charge on any atom is 0.410 e. The van der Waals surface area contributed by atoms with Crippen molar-refractivity contribution in [3.63, 3.8) is 0 Å². The molecular formula is C9H16N2O3S. The Hall–Kier alpha value is -0.880. The molecule has 1 saturated carbocycles. The zero-order valence-corrected chi connectivity index (χ0v) is 9.38. The minimum atomic E-state index is -1.16. The van der Waals surface area contributed by atoms with Gasteiger partial charge in [0, 0.05) is 6.04 Å². The summed E-state index contributed by atoms with van der Waals surface area (Å²) in [6.07, 6.45) is 0.949. The Balaban J connectivity index is 2.33. The number of aliphatic hydroxyl groups is 1. The Labute approximate surface area is 93.9 Å². The first-order chi connectivity index (χ1) is 6.99. The molecule has 0 bridgehead atoms. The first-order valence-electron chi connectivity index (χ1n) is 4.97. The van der Waals surface area contributed by atoms with Gasteiger partial charge in [0.25, 0.3) is 0 Å². The molecule has 0 saturated heterocycles. The molecule has 0 aromatic rings. The van der Waals surface area contributed by atoms with E-state index in [2.05, 4.69) is 10.6 Å². The minimum absolute atomic E-state index is 0.135. The van der Waals surface area contributed by atoms with Crippen LogP contribution >= 0.6 is 12.2 Å². The monoisotopic (exact) mass is 232 g/mol. The summed E-state index contributed by atoms with van der Waals surface area (Å²) in [5, 5.41) is 23.1. The van der Waals surface area contributed by atoms with Crippen molar-refractivity contribution in [2.45, 2.75) is 38.3 Å². The lowest BCUT2D eigenvalue weighted by Crippen LogP contribution is -2.47. The molecular weight excluding hydrogens is 216 g/mol. The summed E-state index contributed by atoms with van der Waals surface area (Å²) in [7, 11) is 0. The summed E-state index contributed by atoms with van der Waals surface area (Å²) in [5.74, 6) is 0.226. The fourth-order valence-corrected chi connectivity index (χ4v) is 2.08. The number of hydrogen-bond donors (Lipinski definition) is 4. The standard InChI is InChI=1S/C9H16N2O3S/c1-5-4-6(2-3-7(5)12)10-8(15)11-9(13)14/h5-7,12H,2-4H2,1H3,(H,13,14)(H2,10,11,15)/t5-,6-,7-/m0/s1. The van der Waals surface area contributed by atoms with E-state index in [4.69, 9.17) is 17.3 Å². The van der Waals surface area contributed by atoms with E-state index in [1.165, 1.54) is 0 Å². The first kappa shape index (κ1) is 12.2. The molecule has 0 unspecified atom stereocenters. The van der Waals surface area contributed by atoms with Crippen LogP contribution in [0.5, 0.6) is 0 Å². The number of thiocarbonyl (C=S) groups is 1. The SMILES string of the molecule is C[C@H]1C[C@@H](NC(=S)NC(=O)O)CC[C@@H]1O. The second-order valence-electron chi connectivity index (χ2n) is 3.96. The van der Waals surface area contributed by atoms with Gasteiger partial charge in [-0.1, -0.05) is 6.92 Å². The summed E-state index contributed by atoms with van der Waals surface area (Å²) in [6.45, 7) is 1.98. The van der Waals surface area contributed by atoms with Gasteiger partial charge in [0.2, 0.25) is 0 Å². The number of rotatable bonds is 1. The molecule has 1 rings (SSSR count). The Morgan fingerprint density at radius 2 is 2.13 bits per heavy atom. The molecule has 1 amide bonds. The van der Waals surface area contributed by atoms with Crippen molar-refractivity contribution >= 4 is 23.4 Å². The van der Waals surface area contributed by atoms with Crippen molar-refractivity contribution in [3.05, 3.63) is 0 Å². The van der Waals surface area contributed by atoms with E-state index in [0.29, 0.717) is 0 Å². The molecule has 0 aliphatic heterocycles. The lowest BCUT2D eigenvalue weighted by molar-refractivity contribution is 0.0691. The summed E-state index contributed by atoms with van der Waals surface area (Å²) in [6, 6.07) is 0.155. The number of hydrogen-bond acceptors (Lipinski definition) is 3. The Bertz CT molecular complexity index is 260. The van der Waals surface area contributed by atoms with Crippen LogP contribution in [0.1, 0.15) is 26.2 Å². The molecule has 6 heteroatoms. The first-order valence-corrected chi connectivity index (χ1v) is 5.38. The highest BCUT2D eigenvalue weighted by Gasteiger charge is 2.26. The minimum Gasteiger partial charge on any atom is -0.465 e. The normalized spacial score (nSPS) is 30.7. The average molecular weight is 232 g/mol. The van der Waals surface area contributed by atoms with Crippen molar-refractivity contribution < 1.29 is 15.0 Å². The topological polar surface area (TPSA) is 81.6 Å². The van der Waals surface area contributed by atoms with Crippen molar-refractivity contribution in [1.29, 1.82) is 0 Å². The van der Waals surface area contributed by atoms with Crippen LogP contribution in [0, 0.1) is 5.92 Å². The van der Waals surface area contributed by atoms with E-state index in [1.807, 2.05) is 6.92 Å². The van der Waals surface area contributed by atoms with Crippen LogP contribution < -0.4 is 10.6 Å². The van der Waals surface area contributed by atoms with Gasteiger partial charge in [0.15, 0.2) is 5.11 Å². The van der Waals surface area contributed by atoms with Crippen LogP contribution in [0.3, 0.4) is 0 Å². The van der Waals surface area contributed by atoms with Crippen molar-refractivity contribution in [2.75, 3.05) is 0 Å². The molecule has 0 aromatic carbocycles. The largest absolute Gasteiger partial charge is 0.465 e. The van der Waals surface area contributed by atoms with Crippen molar-refractivity contribution in [3.8, 4) is 0 Å². The number of carbonyl (C=O) groups is 1. The highest BCUT2D eigenvalue weighted by molar-refractivity contribution is 7.80. The van der Waals surface area contributed by atoms with Crippen LogP contribution in [0.4, 0.5) is 4.79 Å². The summed E-state index contributed by atoms with van der Waals surface area (Å²) in [5.41, 5.74) is 0. The van der Waals surface area contributed by atoms with Gasteiger partial charge in [0.1, 0.15) is 0 Å². The third-order valence-electron chi connectivity index (χ3n) is 2.68. The molecule has 4 N–H and O–H groups in total. The van der Waals surface area contributed by atoms with Gasteiger partial charge in [-0.2, -0.15) is 0 Å². The van der Waals surface area contributed by atoms with E-state index in [0.717, 1.165) is 19.3 Å². The number of nitrogens with one attached hydrogen (secondary N) is 2. The third kappa shape index (κ3) is 4.01. The van der Waals surface area contributed by atoms with Crippen LogP contribution in [0.2, 0.25) is 0 Å². The highest BCUT2D eigenvalue weighted by Crippen LogP contribution is 2.24. The van der Waals surface area contributed by atoms with Gasteiger partial charge in [-0.15, -0.1) is 0 Å². The molecule has 15 heavy (non-hydrogen) atoms. The van der Waals surface area contributed by atoms with Crippen LogP contribution in [-0.2, 0) is 0 Å². The van der Waals surface area contributed by atoms with Gasteiger partial charge in [0.05, 0.1) is 6.10 Å². The zero-order valence-electron chi connectivity index (χ0n) is 8.56. The fourth-order valence-electron chi connectivity index (χ4n) is 1.83. The Morgan fingerprint density at radius 3 is 2.67 bits per heavy atom. The van der Waals surface area contributed by atoms with Crippen LogP contribution in [-0.4, -0.2) is 33.6 Å². The predicted octanol–water partition coefficient (Wildman–Crippen LogP) is 0.678. The maximum atomic E-state index is 10.3. The van der Waals surface area contributed by atoms with Gasteiger partial charge >= 0.3 is 6.09 Å². The van der Waals surface area contributed by atoms with Crippen LogP contribution in [0.15, 0.2) is 0 Å². The Kier molecular flexibility index (Phi) is 4.28. The van der Waals surface area contributed by atoms with E-state index in [9.17, 15) is 9.90 Å². The molecule has 5 nitrogen and oxygen atoms in total. The summed E-state index contributed by atoms with van der Waals surface area (Å²) < 4.78 is 0. The van der Waals surface area contributed by atoms with Crippen molar-refractivity contribution in [2.24, 2.45) is 5.92 Å². The molecule has 0 radical (unpaired) electrons. The molecule has 1 aliphatic carbocycles. The van der Waals surface area contributed by atoms with Gasteiger partial charge in [-0.3, -0.25) is 5.32 Å². The summed E-state index contributed by atoms with van der Waals surface area (Å²) >= 11 is 4.81. The number of carboxylic acid groups (broad SMARTS) is 1. The summed E-state index contributed by atoms with van der Waals surface area (Å²) in [4.78, 5) is 10.3. The Morgan fingerprint density at radius 1 is 1.47 bits per heavy atom. The third-order valence-corrected chi connectivity index (χ3v) is 2.90. The zero-order chi connectivity index (χ0) is 11.4. The highest BCUT2D eigenvalue weighted by atomic mass is 32.1. The second-order valence-corrected chi connectivity index (χ2v) is 4.37. The maximum absolute atomic E-state index is 10.3. The average Bonchev–Trinajstić information content (AvgIpc) is 2.10. The fraction of sp³-hybridized carbons (Fsp3) is 0.778. The predicted molar refractivity (Wildman–Crippen MR) is 59.7 cm³/mol. The smallest absolute Gasteiger partial charge is 0.410 e. The molecule has 1 aliphatic rings. The van der Waals surface area contributed by atoms with E-state index < -0.39 is 6.09 Å². The molecule has 1 fully saturated rings. The quantitative estimate of drug-likeness (QED) is 0.500. The van der Waals surface area contributed by atoms with Crippen molar-refractivity contribution in [1.82, 2.24) is 10.6 Å². The van der Waals surface area contributed by atoms with E-state index >= 15 is 0 Å². The van der Waals surface area contributed by atoms with E-state index in [1.54, 1.807) is 0 Å².